The van der Waals surface area contributed by atoms with Gasteiger partial charge in [0.15, 0.2) is 0 Å². The molecule has 0 aliphatic carbocycles. The summed E-state index contributed by atoms with van der Waals surface area (Å²) in [6, 6.07) is 13.6. The lowest BCUT2D eigenvalue weighted by molar-refractivity contribution is 0.311. The summed E-state index contributed by atoms with van der Waals surface area (Å²) in [5.74, 6) is 0.0646. The topological polar surface area (TPSA) is 76.3 Å². The number of sulfonamides is 1. The zero-order chi connectivity index (χ0) is 18.7. The van der Waals surface area contributed by atoms with Crippen molar-refractivity contribution in [2.45, 2.75) is 20.0 Å². The summed E-state index contributed by atoms with van der Waals surface area (Å²) in [6.45, 7) is 1.67. The van der Waals surface area contributed by atoms with Gasteiger partial charge in [-0.15, -0.1) is 0 Å². The van der Waals surface area contributed by atoms with Crippen LogP contribution in [0.2, 0.25) is 0 Å². The highest BCUT2D eigenvalue weighted by Crippen LogP contribution is 2.21. The monoisotopic (exact) mass is 375 g/mol. The van der Waals surface area contributed by atoms with Crippen molar-refractivity contribution in [1.82, 2.24) is 14.4 Å². The highest BCUT2D eigenvalue weighted by molar-refractivity contribution is 7.88. The van der Waals surface area contributed by atoms with Crippen molar-refractivity contribution < 1.29 is 17.3 Å². The Morgan fingerprint density at radius 2 is 1.77 bits per heavy atom. The molecule has 0 fully saturated rings. The van der Waals surface area contributed by atoms with E-state index in [1.54, 1.807) is 18.2 Å². The number of hydrogen-bond donors (Lipinski definition) is 0. The number of benzene rings is 2. The van der Waals surface area contributed by atoms with E-state index in [0.29, 0.717) is 5.82 Å². The molecule has 0 atom stereocenters. The number of nitrogens with zero attached hydrogens (tertiary/aromatic N) is 3. The molecule has 0 radical (unpaired) electrons. The molecular formula is C18H18FN3O3S. The van der Waals surface area contributed by atoms with Crippen molar-refractivity contribution in [3.05, 3.63) is 71.4 Å². The van der Waals surface area contributed by atoms with Crippen LogP contribution < -0.4 is 0 Å². The van der Waals surface area contributed by atoms with Gasteiger partial charge in [0.2, 0.25) is 21.7 Å². The van der Waals surface area contributed by atoms with Crippen molar-refractivity contribution in [2.24, 2.45) is 0 Å². The fourth-order valence-electron chi connectivity index (χ4n) is 2.51. The van der Waals surface area contributed by atoms with Crippen LogP contribution in [0.25, 0.3) is 11.4 Å². The van der Waals surface area contributed by atoms with E-state index in [1.165, 1.54) is 6.07 Å². The first-order chi connectivity index (χ1) is 12.3. The third-order valence-corrected chi connectivity index (χ3v) is 5.14. The van der Waals surface area contributed by atoms with Crippen LogP contribution in [-0.4, -0.2) is 29.1 Å². The molecule has 1 aromatic heterocycles. The minimum absolute atomic E-state index is 0.117. The first-order valence-electron chi connectivity index (χ1n) is 7.91. The zero-order valence-electron chi connectivity index (χ0n) is 14.4. The second-order valence-electron chi connectivity index (χ2n) is 5.95. The molecule has 136 valence electrons. The van der Waals surface area contributed by atoms with Crippen LogP contribution >= 0.6 is 0 Å². The number of aryl methyl sites for hydroxylation is 1. The van der Waals surface area contributed by atoms with Crippen molar-refractivity contribution in [1.29, 1.82) is 0 Å². The Morgan fingerprint density at radius 1 is 1.08 bits per heavy atom. The molecule has 6 nitrogen and oxygen atoms in total. The SMILES string of the molecule is Cc1ccccc1-c1noc(CN(Cc2ccccc2F)S(C)(=O)=O)n1. The lowest BCUT2D eigenvalue weighted by Gasteiger charge is -2.18. The minimum Gasteiger partial charge on any atom is -0.338 e. The van der Waals surface area contributed by atoms with Crippen LogP contribution in [0.4, 0.5) is 4.39 Å². The van der Waals surface area contributed by atoms with Crippen molar-refractivity contribution in [2.75, 3.05) is 6.26 Å². The van der Waals surface area contributed by atoms with Gasteiger partial charge in [0, 0.05) is 17.7 Å². The Kier molecular flexibility index (Phi) is 5.15. The second-order valence-corrected chi connectivity index (χ2v) is 7.93. The Bertz CT molecular complexity index is 1020. The van der Waals surface area contributed by atoms with E-state index in [9.17, 15) is 12.8 Å². The molecule has 8 heteroatoms. The summed E-state index contributed by atoms with van der Waals surface area (Å²) >= 11 is 0. The lowest BCUT2D eigenvalue weighted by atomic mass is 10.1. The van der Waals surface area contributed by atoms with E-state index in [-0.39, 0.29) is 24.5 Å². The molecule has 3 aromatic rings. The van der Waals surface area contributed by atoms with Gasteiger partial charge >= 0.3 is 0 Å². The van der Waals surface area contributed by atoms with Gasteiger partial charge < -0.3 is 4.52 Å². The fraction of sp³-hybridized carbons (Fsp3) is 0.222. The Hall–Kier alpha value is -2.58. The summed E-state index contributed by atoms with van der Waals surface area (Å²) in [6.07, 6.45) is 1.06. The molecule has 0 saturated carbocycles. The quantitative estimate of drug-likeness (QED) is 0.661. The van der Waals surface area contributed by atoms with Crippen LogP contribution in [0.15, 0.2) is 53.1 Å². The molecule has 26 heavy (non-hydrogen) atoms. The second kappa shape index (κ2) is 7.35. The molecule has 3 rings (SSSR count). The molecular weight excluding hydrogens is 357 g/mol. The van der Waals surface area contributed by atoms with E-state index in [4.69, 9.17) is 4.52 Å². The van der Waals surface area contributed by atoms with Crippen molar-refractivity contribution >= 4 is 10.0 Å². The Balaban J connectivity index is 1.85. The van der Waals surface area contributed by atoms with E-state index < -0.39 is 15.8 Å². The summed E-state index contributed by atoms with van der Waals surface area (Å²) in [4.78, 5) is 4.28. The number of rotatable bonds is 6. The summed E-state index contributed by atoms with van der Waals surface area (Å²) in [5, 5.41) is 3.93. The lowest BCUT2D eigenvalue weighted by Crippen LogP contribution is -2.29. The minimum atomic E-state index is -3.60. The number of hydrogen-bond acceptors (Lipinski definition) is 5. The third kappa shape index (κ3) is 4.14. The molecule has 0 N–H and O–H groups in total. The first-order valence-corrected chi connectivity index (χ1v) is 9.76. The van der Waals surface area contributed by atoms with Crippen LogP contribution in [0, 0.1) is 12.7 Å². The van der Waals surface area contributed by atoms with Gasteiger partial charge in [-0.1, -0.05) is 47.6 Å². The normalized spacial score (nSPS) is 11.8. The van der Waals surface area contributed by atoms with E-state index >= 15 is 0 Å². The molecule has 0 spiro atoms. The van der Waals surface area contributed by atoms with E-state index in [2.05, 4.69) is 10.1 Å². The van der Waals surface area contributed by atoms with Crippen molar-refractivity contribution in [3.8, 4) is 11.4 Å². The average molecular weight is 375 g/mol. The maximum atomic E-state index is 13.9. The van der Waals surface area contributed by atoms with Gasteiger partial charge in [-0.2, -0.15) is 9.29 Å². The largest absolute Gasteiger partial charge is 0.338 e. The van der Waals surface area contributed by atoms with Crippen molar-refractivity contribution in [3.63, 3.8) is 0 Å². The van der Waals surface area contributed by atoms with E-state index in [0.717, 1.165) is 21.7 Å². The van der Waals surface area contributed by atoms with Gasteiger partial charge in [0.25, 0.3) is 0 Å². The van der Waals surface area contributed by atoms with Gasteiger partial charge in [0.1, 0.15) is 5.82 Å². The van der Waals surface area contributed by atoms with Gasteiger partial charge in [0.05, 0.1) is 12.8 Å². The predicted octanol–water partition coefficient (Wildman–Crippen LogP) is 3.15. The average Bonchev–Trinajstić information content (AvgIpc) is 3.04. The molecule has 0 bridgehead atoms. The fourth-order valence-corrected chi connectivity index (χ4v) is 3.23. The van der Waals surface area contributed by atoms with Gasteiger partial charge in [-0.05, 0) is 18.6 Å². The highest BCUT2D eigenvalue weighted by Gasteiger charge is 2.22. The smallest absolute Gasteiger partial charge is 0.242 e. The summed E-state index contributed by atoms with van der Waals surface area (Å²) < 4.78 is 44.4. The molecule has 0 unspecified atom stereocenters. The molecule has 0 saturated heterocycles. The number of aromatic nitrogens is 2. The van der Waals surface area contributed by atoms with Crippen LogP contribution in [0.5, 0.6) is 0 Å². The van der Waals surface area contributed by atoms with Crippen LogP contribution in [0.1, 0.15) is 17.0 Å². The third-order valence-electron chi connectivity index (χ3n) is 3.94. The highest BCUT2D eigenvalue weighted by atomic mass is 32.2. The maximum absolute atomic E-state index is 13.9. The maximum Gasteiger partial charge on any atom is 0.242 e. The van der Waals surface area contributed by atoms with Crippen LogP contribution in [0.3, 0.4) is 0 Å². The van der Waals surface area contributed by atoms with E-state index in [1.807, 2.05) is 31.2 Å². The van der Waals surface area contributed by atoms with Gasteiger partial charge in [-0.25, -0.2) is 12.8 Å². The molecule has 1 heterocycles. The molecule has 0 amide bonds. The molecule has 2 aromatic carbocycles. The molecule has 0 aliphatic heterocycles. The first kappa shape index (κ1) is 18.2. The summed E-state index contributed by atoms with van der Waals surface area (Å²) in [7, 11) is -3.60. The molecule has 0 aliphatic rings. The number of halogens is 1. The predicted molar refractivity (Wildman–Crippen MR) is 95.0 cm³/mol. The van der Waals surface area contributed by atoms with Gasteiger partial charge in [-0.3, -0.25) is 0 Å². The Labute approximate surface area is 151 Å². The summed E-state index contributed by atoms with van der Waals surface area (Å²) in [5.41, 5.74) is 2.06. The zero-order valence-corrected chi connectivity index (χ0v) is 15.2. The van der Waals surface area contributed by atoms with Crippen LogP contribution in [-0.2, 0) is 23.1 Å². The Morgan fingerprint density at radius 3 is 2.46 bits per heavy atom. The standard InChI is InChI=1S/C18H18FN3O3S/c1-13-7-3-5-9-15(13)18-20-17(25-21-18)12-22(26(2,23)24)11-14-8-4-6-10-16(14)19/h3-10H,11-12H2,1-2H3.